The standard InChI is InChI=1S/C7H8ClNO2S/c8-2-1-6-5(3-7(10)11)9-4-12-6/h4H,1-3H2,(H,10,11). The second-order valence-electron chi connectivity index (χ2n) is 2.23. The van der Waals surface area contributed by atoms with Crippen molar-refractivity contribution in [3.8, 4) is 0 Å². The van der Waals surface area contributed by atoms with Crippen molar-refractivity contribution in [1.82, 2.24) is 4.98 Å². The smallest absolute Gasteiger partial charge is 0.309 e. The monoisotopic (exact) mass is 205 g/mol. The van der Waals surface area contributed by atoms with E-state index in [1.54, 1.807) is 5.51 Å². The Balaban J connectivity index is 2.69. The first-order valence-corrected chi connectivity index (χ1v) is 4.84. The van der Waals surface area contributed by atoms with Crippen LogP contribution >= 0.6 is 22.9 Å². The number of rotatable bonds is 4. The maximum Gasteiger partial charge on any atom is 0.309 e. The highest BCUT2D eigenvalue weighted by Crippen LogP contribution is 2.15. The van der Waals surface area contributed by atoms with Crippen molar-refractivity contribution in [2.24, 2.45) is 0 Å². The summed E-state index contributed by atoms with van der Waals surface area (Å²) in [5.74, 6) is -0.342. The zero-order chi connectivity index (χ0) is 8.97. The van der Waals surface area contributed by atoms with Crippen molar-refractivity contribution in [3.63, 3.8) is 0 Å². The van der Waals surface area contributed by atoms with Crippen LogP contribution in [0.2, 0.25) is 0 Å². The fourth-order valence-corrected chi connectivity index (χ4v) is 1.96. The van der Waals surface area contributed by atoms with E-state index in [1.807, 2.05) is 0 Å². The first-order chi connectivity index (χ1) is 5.74. The van der Waals surface area contributed by atoms with Gasteiger partial charge in [0, 0.05) is 10.8 Å². The van der Waals surface area contributed by atoms with Crippen molar-refractivity contribution in [2.75, 3.05) is 5.88 Å². The van der Waals surface area contributed by atoms with E-state index >= 15 is 0 Å². The van der Waals surface area contributed by atoms with Crippen LogP contribution in [-0.4, -0.2) is 21.9 Å². The lowest BCUT2D eigenvalue weighted by molar-refractivity contribution is -0.136. The highest BCUT2D eigenvalue weighted by Gasteiger charge is 2.08. The number of nitrogens with zero attached hydrogens (tertiary/aromatic N) is 1. The maximum atomic E-state index is 10.4. The maximum absolute atomic E-state index is 10.4. The van der Waals surface area contributed by atoms with Crippen LogP contribution in [0.15, 0.2) is 5.51 Å². The van der Waals surface area contributed by atoms with Crippen LogP contribution in [0.1, 0.15) is 10.6 Å². The largest absolute Gasteiger partial charge is 0.481 e. The van der Waals surface area contributed by atoms with E-state index in [-0.39, 0.29) is 6.42 Å². The average molecular weight is 206 g/mol. The van der Waals surface area contributed by atoms with E-state index in [0.29, 0.717) is 18.0 Å². The molecule has 0 aliphatic rings. The van der Waals surface area contributed by atoms with Gasteiger partial charge in [-0.15, -0.1) is 22.9 Å². The summed E-state index contributed by atoms with van der Waals surface area (Å²) < 4.78 is 0. The fourth-order valence-electron chi connectivity index (χ4n) is 0.870. The highest BCUT2D eigenvalue weighted by atomic mass is 35.5. The normalized spacial score (nSPS) is 10.1. The zero-order valence-corrected chi connectivity index (χ0v) is 7.86. The Bertz CT molecular complexity index is 274. The average Bonchev–Trinajstić information content (AvgIpc) is 2.37. The van der Waals surface area contributed by atoms with Gasteiger partial charge in [0.15, 0.2) is 0 Å². The molecule has 1 aromatic heterocycles. The first-order valence-electron chi connectivity index (χ1n) is 3.43. The van der Waals surface area contributed by atoms with Gasteiger partial charge in [-0.3, -0.25) is 4.79 Å². The van der Waals surface area contributed by atoms with E-state index in [4.69, 9.17) is 16.7 Å². The van der Waals surface area contributed by atoms with Crippen LogP contribution in [-0.2, 0) is 17.6 Å². The number of carboxylic acids is 1. The molecule has 1 aromatic rings. The third-order valence-corrected chi connectivity index (χ3v) is 2.49. The van der Waals surface area contributed by atoms with Crippen LogP contribution in [0.3, 0.4) is 0 Å². The molecule has 0 atom stereocenters. The van der Waals surface area contributed by atoms with Crippen LogP contribution < -0.4 is 0 Å². The van der Waals surface area contributed by atoms with Crippen molar-refractivity contribution in [1.29, 1.82) is 0 Å². The summed E-state index contributed by atoms with van der Waals surface area (Å²) in [6.45, 7) is 0. The Morgan fingerprint density at radius 2 is 2.50 bits per heavy atom. The molecule has 0 fully saturated rings. The molecule has 0 amide bonds. The van der Waals surface area contributed by atoms with Gasteiger partial charge >= 0.3 is 5.97 Å². The van der Waals surface area contributed by atoms with Crippen molar-refractivity contribution < 1.29 is 9.90 Å². The van der Waals surface area contributed by atoms with Gasteiger partial charge in [-0.05, 0) is 6.42 Å². The number of aromatic nitrogens is 1. The Morgan fingerprint density at radius 1 is 1.75 bits per heavy atom. The lowest BCUT2D eigenvalue weighted by Gasteiger charge is -1.95. The first kappa shape index (κ1) is 9.48. The Kier molecular flexibility index (Phi) is 3.49. The summed E-state index contributed by atoms with van der Waals surface area (Å²) in [5.41, 5.74) is 2.30. The number of halogens is 1. The summed E-state index contributed by atoms with van der Waals surface area (Å²) in [5, 5.41) is 8.51. The number of aliphatic carboxylic acids is 1. The second kappa shape index (κ2) is 4.42. The van der Waals surface area contributed by atoms with Crippen LogP contribution in [0.5, 0.6) is 0 Å². The minimum atomic E-state index is -0.850. The summed E-state index contributed by atoms with van der Waals surface area (Å²) in [7, 11) is 0. The van der Waals surface area contributed by atoms with E-state index in [1.165, 1.54) is 11.3 Å². The number of aryl methyl sites for hydroxylation is 1. The lowest BCUT2D eigenvalue weighted by atomic mass is 10.2. The molecule has 0 aromatic carbocycles. The van der Waals surface area contributed by atoms with Crippen molar-refractivity contribution in [3.05, 3.63) is 16.1 Å². The number of alkyl halides is 1. The molecule has 0 bridgehead atoms. The molecule has 5 heteroatoms. The second-order valence-corrected chi connectivity index (χ2v) is 3.55. The summed E-state index contributed by atoms with van der Waals surface area (Å²) in [6.07, 6.45) is 0.699. The molecule has 66 valence electrons. The van der Waals surface area contributed by atoms with Gasteiger partial charge in [-0.25, -0.2) is 4.98 Å². The zero-order valence-electron chi connectivity index (χ0n) is 6.29. The van der Waals surface area contributed by atoms with Gasteiger partial charge in [0.1, 0.15) is 0 Å². The Hall–Kier alpha value is -0.610. The van der Waals surface area contributed by atoms with Crippen LogP contribution in [0, 0.1) is 0 Å². The van der Waals surface area contributed by atoms with Crippen molar-refractivity contribution >= 4 is 28.9 Å². The van der Waals surface area contributed by atoms with Crippen molar-refractivity contribution in [2.45, 2.75) is 12.8 Å². The molecule has 1 heterocycles. The number of thiazole rings is 1. The highest BCUT2D eigenvalue weighted by molar-refractivity contribution is 7.09. The predicted octanol–water partition coefficient (Wildman–Crippen LogP) is 1.55. The quantitative estimate of drug-likeness (QED) is 0.759. The van der Waals surface area contributed by atoms with E-state index in [9.17, 15) is 4.79 Å². The molecule has 0 saturated heterocycles. The van der Waals surface area contributed by atoms with Crippen LogP contribution in [0.25, 0.3) is 0 Å². The lowest BCUT2D eigenvalue weighted by Crippen LogP contribution is -2.02. The van der Waals surface area contributed by atoms with E-state index in [2.05, 4.69) is 4.98 Å². The van der Waals surface area contributed by atoms with Crippen LogP contribution in [0.4, 0.5) is 0 Å². The predicted molar refractivity (Wildman–Crippen MR) is 47.9 cm³/mol. The molecular formula is C7H8ClNO2S. The van der Waals surface area contributed by atoms with Gasteiger partial charge in [-0.1, -0.05) is 0 Å². The molecule has 1 rings (SSSR count). The molecule has 0 radical (unpaired) electrons. The molecular weight excluding hydrogens is 198 g/mol. The molecule has 12 heavy (non-hydrogen) atoms. The molecule has 0 spiro atoms. The minimum absolute atomic E-state index is 0.00424. The molecule has 0 unspecified atom stereocenters. The summed E-state index contributed by atoms with van der Waals surface area (Å²) in [4.78, 5) is 15.3. The molecule has 3 nitrogen and oxygen atoms in total. The minimum Gasteiger partial charge on any atom is -0.481 e. The Morgan fingerprint density at radius 3 is 3.08 bits per heavy atom. The molecule has 1 N–H and O–H groups in total. The number of carboxylic acid groups (broad SMARTS) is 1. The molecule has 0 aliphatic heterocycles. The van der Waals surface area contributed by atoms with E-state index < -0.39 is 5.97 Å². The Labute approximate surface area is 79.0 Å². The van der Waals surface area contributed by atoms with Gasteiger partial charge in [0.2, 0.25) is 0 Å². The van der Waals surface area contributed by atoms with Gasteiger partial charge in [0.05, 0.1) is 17.6 Å². The topological polar surface area (TPSA) is 50.2 Å². The summed E-state index contributed by atoms with van der Waals surface area (Å²) >= 11 is 6.99. The fraction of sp³-hybridized carbons (Fsp3) is 0.429. The summed E-state index contributed by atoms with van der Waals surface area (Å²) in [6, 6.07) is 0. The number of carbonyl (C=O) groups is 1. The number of hydrogen-bond acceptors (Lipinski definition) is 3. The van der Waals surface area contributed by atoms with Gasteiger partial charge in [0.25, 0.3) is 0 Å². The number of hydrogen-bond donors (Lipinski definition) is 1. The van der Waals surface area contributed by atoms with Gasteiger partial charge in [-0.2, -0.15) is 0 Å². The third-order valence-electron chi connectivity index (χ3n) is 1.37. The molecule has 0 saturated carbocycles. The van der Waals surface area contributed by atoms with Gasteiger partial charge < -0.3 is 5.11 Å². The third kappa shape index (κ3) is 2.46. The SMILES string of the molecule is O=C(O)Cc1ncsc1CCCl. The molecule has 0 aliphatic carbocycles. The van der Waals surface area contributed by atoms with E-state index in [0.717, 1.165) is 4.88 Å².